The van der Waals surface area contributed by atoms with Crippen LogP contribution in [0.5, 0.6) is 11.6 Å². The summed E-state index contributed by atoms with van der Waals surface area (Å²) in [7, 11) is 0. The van der Waals surface area contributed by atoms with Gasteiger partial charge in [-0.1, -0.05) is 36.4 Å². The fraction of sp³-hybridized carbons (Fsp3) is 0.387. The van der Waals surface area contributed by atoms with Gasteiger partial charge in [-0.25, -0.2) is 9.78 Å². The molecule has 1 N–H and O–H groups in total. The average Bonchev–Trinajstić information content (AvgIpc) is 3.69. The van der Waals surface area contributed by atoms with Crippen molar-refractivity contribution in [3.8, 4) is 11.6 Å². The lowest BCUT2D eigenvalue weighted by Gasteiger charge is -2.38. The van der Waals surface area contributed by atoms with Crippen LogP contribution in [-0.2, 0) is 11.3 Å². The maximum Gasteiger partial charge on any atom is 0.410 e. The van der Waals surface area contributed by atoms with Crippen molar-refractivity contribution in [1.82, 2.24) is 20.1 Å². The third-order valence-electron chi connectivity index (χ3n) is 7.86. The van der Waals surface area contributed by atoms with Crippen molar-refractivity contribution in [1.29, 1.82) is 0 Å². The molecule has 0 radical (unpaired) electrons. The Hall–Kier alpha value is -3.91. The van der Waals surface area contributed by atoms with E-state index < -0.39 is 0 Å². The first-order valence-electron chi connectivity index (χ1n) is 13.8. The predicted octanol–water partition coefficient (Wildman–Crippen LogP) is 5.23. The van der Waals surface area contributed by atoms with Gasteiger partial charge in [-0.05, 0) is 68.0 Å². The summed E-state index contributed by atoms with van der Waals surface area (Å²) in [5.41, 5.74) is 3.86. The molecule has 8 heteroatoms. The highest BCUT2D eigenvalue weighted by Gasteiger charge is 2.40. The fourth-order valence-corrected chi connectivity index (χ4v) is 5.45. The van der Waals surface area contributed by atoms with Gasteiger partial charge >= 0.3 is 6.09 Å². The third kappa shape index (κ3) is 5.91. The number of aromatic nitrogens is 1. The smallest absolute Gasteiger partial charge is 0.410 e. The van der Waals surface area contributed by atoms with E-state index in [1.54, 1.807) is 24.3 Å². The zero-order valence-electron chi connectivity index (χ0n) is 22.2. The molecule has 0 unspecified atom stereocenters. The Kier molecular flexibility index (Phi) is 7.20. The van der Waals surface area contributed by atoms with Gasteiger partial charge in [-0.2, -0.15) is 0 Å². The van der Waals surface area contributed by atoms with Crippen molar-refractivity contribution in [3.63, 3.8) is 0 Å². The number of nitrogens with zero attached hydrogens (tertiary/aromatic N) is 3. The van der Waals surface area contributed by atoms with Crippen LogP contribution in [0, 0.1) is 6.92 Å². The summed E-state index contributed by atoms with van der Waals surface area (Å²) in [6, 6.07) is 21.8. The minimum atomic E-state index is -0.200. The molecule has 0 bridgehead atoms. The normalized spacial score (nSPS) is 20.1. The molecule has 3 fully saturated rings. The van der Waals surface area contributed by atoms with Crippen molar-refractivity contribution in [2.75, 3.05) is 19.7 Å². The maximum absolute atomic E-state index is 12.6. The molecule has 1 atom stereocenters. The molecule has 202 valence electrons. The van der Waals surface area contributed by atoms with E-state index in [1.807, 2.05) is 36.1 Å². The van der Waals surface area contributed by atoms with E-state index in [2.05, 4.69) is 33.4 Å². The van der Waals surface area contributed by atoms with Crippen LogP contribution in [0.4, 0.5) is 4.79 Å². The molecule has 6 rings (SSSR count). The maximum atomic E-state index is 12.6. The molecule has 2 aliphatic heterocycles. The van der Waals surface area contributed by atoms with Gasteiger partial charge in [0.25, 0.3) is 5.91 Å². The number of cyclic esters (lactones) is 1. The van der Waals surface area contributed by atoms with Crippen LogP contribution in [0.1, 0.15) is 58.9 Å². The van der Waals surface area contributed by atoms with Crippen molar-refractivity contribution in [2.45, 2.75) is 57.3 Å². The van der Waals surface area contributed by atoms with Crippen LogP contribution in [0.25, 0.3) is 0 Å². The van der Waals surface area contributed by atoms with Gasteiger partial charge in [0.2, 0.25) is 5.88 Å². The van der Waals surface area contributed by atoms with E-state index in [-0.39, 0.29) is 24.1 Å². The summed E-state index contributed by atoms with van der Waals surface area (Å²) >= 11 is 0. The van der Waals surface area contributed by atoms with Gasteiger partial charge in [0, 0.05) is 49.0 Å². The summed E-state index contributed by atoms with van der Waals surface area (Å²) in [4.78, 5) is 33.8. The molecule has 1 aliphatic carbocycles. The molecule has 0 spiro atoms. The Bertz CT molecular complexity index is 1320. The second-order valence-electron chi connectivity index (χ2n) is 10.7. The van der Waals surface area contributed by atoms with Crippen LogP contribution in [0.2, 0.25) is 0 Å². The van der Waals surface area contributed by atoms with E-state index in [1.165, 1.54) is 0 Å². The molecular weight excluding hydrogens is 492 g/mol. The number of nitrogens with one attached hydrogen (secondary N) is 1. The van der Waals surface area contributed by atoms with Crippen molar-refractivity contribution in [2.24, 2.45) is 0 Å². The van der Waals surface area contributed by atoms with Crippen LogP contribution < -0.4 is 10.1 Å². The Morgan fingerprint density at radius 3 is 2.44 bits per heavy atom. The van der Waals surface area contributed by atoms with Crippen molar-refractivity contribution in [3.05, 3.63) is 89.1 Å². The largest absolute Gasteiger partial charge is 0.447 e. The van der Waals surface area contributed by atoms with Crippen LogP contribution in [-0.4, -0.2) is 58.6 Å². The first-order valence-corrected chi connectivity index (χ1v) is 13.8. The number of ether oxygens (including phenoxy) is 2. The average molecular weight is 527 g/mol. The Morgan fingerprint density at radius 1 is 1.00 bits per heavy atom. The van der Waals surface area contributed by atoms with Gasteiger partial charge in [0.15, 0.2) is 0 Å². The highest BCUT2D eigenvalue weighted by molar-refractivity contribution is 5.94. The summed E-state index contributed by atoms with van der Waals surface area (Å²) in [6.07, 6.45) is 3.77. The SMILES string of the molecule is Cc1nc(Oc2ccc(C(=O)NC3CC3)cc2)ccc1CN1CCC(N2C(=O)OC[C@H]2c2ccccc2)CC1. The van der Waals surface area contributed by atoms with E-state index >= 15 is 0 Å². The third-order valence-corrected chi connectivity index (χ3v) is 7.86. The molecule has 2 aromatic carbocycles. The number of rotatable bonds is 8. The summed E-state index contributed by atoms with van der Waals surface area (Å²) in [5, 5.41) is 2.99. The fourth-order valence-electron chi connectivity index (χ4n) is 5.45. The predicted molar refractivity (Wildman–Crippen MR) is 147 cm³/mol. The summed E-state index contributed by atoms with van der Waals surface area (Å²) in [5.74, 6) is 1.14. The van der Waals surface area contributed by atoms with Gasteiger partial charge in [0.1, 0.15) is 12.4 Å². The van der Waals surface area contributed by atoms with E-state index in [0.717, 1.165) is 62.1 Å². The molecule has 8 nitrogen and oxygen atoms in total. The van der Waals surface area contributed by atoms with Crippen LogP contribution in [0.3, 0.4) is 0 Å². The van der Waals surface area contributed by atoms with Crippen molar-refractivity contribution < 1.29 is 19.1 Å². The monoisotopic (exact) mass is 526 g/mol. The minimum Gasteiger partial charge on any atom is -0.447 e. The number of piperidine rings is 1. The van der Waals surface area contributed by atoms with Gasteiger partial charge in [0.05, 0.1) is 6.04 Å². The molecule has 2 saturated heterocycles. The lowest BCUT2D eigenvalue weighted by Crippen LogP contribution is -2.46. The lowest BCUT2D eigenvalue weighted by atomic mass is 9.98. The zero-order valence-corrected chi connectivity index (χ0v) is 22.2. The molecule has 39 heavy (non-hydrogen) atoms. The van der Waals surface area contributed by atoms with Gasteiger partial charge < -0.3 is 14.8 Å². The quantitative estimate of drug-likeness (QED) is 0.433. The van der Waals surface area contributed by atoms with E-state index in [4.69, 9.17) is 9.47 Å². The minimum absolute atomic E-state index is 0.00895. The number of likely N-dealkylation sites (tertiary alicyclic amines) is 1. The number of carbonyl (C=O) groups is 2. The molecule has 1 saturated carbocycles. The van der Waals surface area contributed by atoms with E-state index in [0.29, 0.717) is 29.8 Å². The van der Waals surface area contributed by atoms with Gasteiger partial charge in [-0.3, -0.25) is 14.6 Å². The van der Waals surface area contributed by atoms with Crippen LogP contribution in [0.15, 0.2) is 66.7 Å². The Balaban J connectivity index is 1.02. The number of hydrogen-bond donors (Lipinski definition) is 1. The molecule has 3 heterocycles. The summed E-state index contributed by atoms with van der Waals surface area (Å²) < 4.78 is 11.4. The first-order chi connectivity index (χ1) is 19.0. The molecule has 3 aliphatic rings. The number of hydrogen-bond acceptors (Lipinski definition) is 6. The number of pyridine rings is 1. The second-order valence-corrected chi connectivity index (χ2v) is 10.7. The summed E-state index contributed by atoms with van der Waals surface area (Å²) in [6.45, 7) is 5.05. The molecule has 2 amide bonds. The highest BCUT2D eigenvalue weighted by Crippen LogP contribution is 2.33. The zero-order chi connectivity index (χ0) is 26.8. The van der Waals surface area contributed by atoms with Crippen LogP contribution >= 0.6 is 0 Å². The second kappa shape index (κ2) is 11.1. The highest BCUT2D eigenvalue weighted by atomic mass is 16.6. The molecular formula is C31H34N4O4. The number of amides is 2. The Morgan fingerprint density at radius 2 is 1.74 bits per heavy atom. The molecule has 3 aromatic rings. The number of carbonyl (C=O) groups excluding carboxylic acids is 2. The topological polar surface area (TPSA) is 84.0 Å². The molecule has 1 aromatic heterocycles. The van der Waals surface area contributed by atoms with E-state index in [9.17, 15) is 9.59 Å². The number of aryl methyl sites for hydroxylation is 1. The van der Waals surface area contributed by atoms with Crippen molar-refractivity contribution >= 4 is 12.0 Å². The van der Waals surface area contributed by atoms with Gasteiger partial charge in [-0.15, -0.1) is 0 Å². The standard InChI is InChI=1S/C31H34N4O4/c1-21-24(9-14-29(32-21)39-27-12-7-23(8-13-27)30(36)33-25-10-11-25)19-34-17-15-26(16-18-34)35-28(20-38-31(35)37)22-5-3-2-4-6-22/h2-9,12-14,25-26,28H,10-11,15-20H2,1H3,(H,33,36)/t28-/m0/s1. The Labute approximate surface area is 228 Å². The number of benzene rings is 2. The lowest BCUT2D eigenvalue weighted by molar-refractivity contribution is 0.0950. The first kappa shape index (κ1) is 25.4.